The van der Waals surface area contributed by atoms with Crippen molar-refractivity contribution < 1.29 is 19.3 Å². The Morgan fingerprint density at radius 3 is 3.00 bits per heavy atom. The minimum atomic E-state index is -1.32. The van der Waals surface area contributed by atoms with E-state index in [0.717, 1.165) is 0 Å². The molecule has 1 aromatic carbocycles. The number of ether oxygens (including phenoxy) is 1. The van der Waals surface area contributed by atoms with Crippen molar-refractivity contribution in [3.8, 4) is 17.0 Å². The highest BCUT2D eigenvalue weighted by atomic mass is 16.6. The van der Waals surface area contributed by atoms with Crippen LogP contribution in [0.25, 0.3) is 11.3 Å². The van der Waals surface area contributed by atoms with Crippen molar-refractivity contribution in [3.05, 3.63) is 30.0 Å². The number of carbonyl (C=O) groups excluding carboxylic acids is 1. The molecule has 0 aliphatic rings. The minimum absolute atomic E-state index is 0.0502. The summed E-state index contributed by atoms with van der Waals surface area (Å²) in [5, 5.41) is 16.9. The van der Waals surface area contributed by atoms with E-state index in [0.29, 0.717) is 22.7 Å². The number of rotatable bonds is 5. The summed E-state index contributed by atoms with van der Waals surface area (Å²) in [6.45, 7) is 0. The summed E-state index contributed by atoms with van der Waals surface area (Å²) in [6, 6.07) is 7.12. The van der Waals surface area contributed by atoms with Crippen molar-refractivity contribution in [2.24, 2.45) is 5.73 Å². The molecule has 100 valence electrons. The lowest BCUT2D eigenvalue weighted by molar-refractivity contribution is -0.125. The number of nitrogens with two attached hydrogens (primary N) is 1. The normalized spacial score (nSPS) is 12.1. The van der Waals surface area contributed by atoms with Crippen LogP contribution in [-0.2, 0) is 11.2 Å². The number of methoxy groups -OCH3 is 1. The number of hydrogen-bond acceptors (Lipinski definition) is 6. The Labute approximate surface area is 108 Å². The van der Waals surface area contributed by atoms with E-state index in [4.69, 9.17) is 10.5 Å². The van der Waals surface area contributed by atoms with Gasteiger partial charge in [-0.3, -0.25) is 4.79 Å². The summed E-state index contributed by atoms with van der Waals surface area (Å²) in [4.78, 5) is 10.8. The van der Waals surface area contributed by atoms with Crippen molar-refractivity contribution in [3.63, 3.8) is 0 Å². The molecule has 1 heterocycles. The van der Waals surface area contributed by atoms with Crippen molar-refractivity contribution in [1.82, 2.24) is 10.3 Å². The summed E-state index contributed by atoms with van der Waals surface area (Å²) in [5.41, 5.74) is 6.52. The van der Waals surface area contributed by atoms with Crippen LogP contribution in [0.3, 0.4) is 0 Å². The molecule has 0 radical (unpaired) electrons. The zero-order valence-corrected chi connectivity index (χ0v) is 10.2. The third-order valence-electron chi connectivity index (χ3n) is 2.61. The van der Waals surface area contributed by atoms with Crippen LogP contribution in [0.4, 0.5) is 0 Å². The summed E-state index contributed by atoms with van der Waals surface area (Å²) >= 11 is 0. The van der Waals surface area contributed by atoms with Crippen LogP contribution in [0.15, 0.2) is 28.9 Å². The Hall–Kier alpha value is -2.41. The lowest BCUT2D eigenvalue weighted by atomic mass is 10.1. The topological polar surface area (TPSA) is 111 Å². The molecule has 7 heteroatoms. The second kappa shape index (κ2) is 5.49. The van der Waals surface area contributed by atoms with Gasteiger partial charge < -0.3 is 15.6 Å². The van der Waals surface area contributed by atoms with E-state index >= 15 is 0 Å². The number of benzene rings is 1. The summed E-state index contributed by atoms with van der Waals surface area (Å²) in [7, 11) is 1.55. The van der Waals surface area contributed by atoms with Gasteiger partial charge in [-0.1, -0.05) is 17.3 Å². The van der Waals surface area contributed by atoms with E-state index in [1.165, 1.54) is 0 Å². The molecule has 7 nitrogen and oxygen atoms in total. The first-order chi connectivity index (χ1) is 9.11. The van der Waals surface area contributed by atoms with Crippen LogP contribution in [0.1, 0.15) is 5.69 Å². The van der Waals surface area contributed by atoms with E-state index in [1.807, 2.05) is 0 Å². The van der Waals surface area contributed by atoms with Crippen LogP contribution in [0.5, 0.6) is 5.75 Å². The molecule has 1 amide bonds. The zero-order valence-electron chi connectivity index (χ0n) is 10.2. The first-order valence-electron chi connectivity index (χ1n) is 5.55. The average molecular weight is 263 g/mol. The van der Waals surface area contributed by atoms with Gasteiger partial charge in [-0.05, 0) is 17.3 Å². The van der Waals surface area contributed by atoms with Crippen molar-refractivity contribution in [2.45, 2.75) is 12.5 Å². The highest BCUT2D eigenvalue weighted by Crippen LogP contribution is 2.25. The fourth-order valence-electron chi connectivity index (χ4n) is 1.61. The van der Waals surface area contributed by atoms with Gasteiger partial charge in [-0.15, -0.1) is 0 Å². The van der Waals surface area contributed by atoms with Crippen LogP contribution >= 0.6 is 0 Å². The van der Waals surface area contributed by atoms with Gasteiger partial charge >= 0.3 is 0 Å². The van der Waals surface area contributed by atoms with Crippen LogP contribution in [0.2, 0.25) is 0 Å². The Morgan fingerprint density at radius 1 is 1.53 bits per heavy atom. The number of nitrogens with zero attached hydrogens (tertiary/aromatic N) is 2. The highest BCUT2D eigenvalue weighted by molar-refractivity contribution is 5.79. The smallest absolute Gasteiger partial charge is 0.246 e. The minimum Gasteiger partial charge on any atom is -0.497 e. The van der Waals surface area contributed by atoms with Gasteiger partial charge in [-0.2, -0.15) is 0 Å². The predicted molar refractivity (Wildman–Crippen MR) is 65.2 cm³/mol. The van der Waals surface area contributed by atoms with E-state index in [1.54, 1.807) is 31.4 Å². The van der Waals surface area contributed by atoms with Crippen molar-refractivity contribution in [1.29, 1.82) is 0 Å². The molecule has 2 aromatic rings. The molecule has 0 aliphatic carbocycles. The quantitative estimate of drug-likeness (QED) is 0.793. The summed E-state index contributed by atoms with van der Waals surface area (Å²) in [5.74, 6) is -0.165. The molecule has 0 fully saturated rings. The number of primary amides is 1. The maximum absolute atomic E-state index is 10.8. The average Bonchev–Trinajstić information content (AvgIpc) is 2.86. The maximum Gasteiger partial charge on any atom is 0.246 e. The predicted octanol–water partition coefficient (Wildman–Crippen LogP) is 0.134. The first-order valence-corrected chi connectivity index (χ1v) is 5.55. The van der Waals surface area contributed by atoms with Crippen molar-refractivity contribution in [2.75, 3.05) is 7.11 Å². The first kappa shape index (κ1) is 13.0. The fourth-order valence-corrected chi connectivity index (χ4v) is 1.61. The monoisotopic (exact) mass is 263 g/mol. The molecule has 1 unspecified atom stereocenters. The molecular formula is C12H13N3O4. The van der Waals surface area contributed by atoms with E-state index in [-0.39, 0.29) is 6.42 Å². The number of amides is 1. The molecule has 1 atom stereocenters. The van der Waals surface area contributed by atoms with Gasteiger partial charge in [0.05, 0.1) is 7.11 Å². The van der Waals surface area contributed by atoms with Gasteiger partial charge in [0.2, 0.25) is 5.91 Å². The lowest BCUT2D eigenvalue weighted by Gasteiger charge is -2.05. The molecule has 0 spiro atoms. The number of aromatic nitrogens is 2. The number of hydrogen-bond donors (Lipinski definition) is 2. The molecule has 3 N–H and O–H groups in total. The number of aliphatic hydroxyl groups excluding tert-OH is 1. The van der Waals surface area contributed by atoms with Crippen molar-refractivity contribution >= 4 is 5.91 Å². The molecule has 0 saturated heterocycles. The Kier molecular flexibility index (Phi) is 3.76. The van der Waals surface area contributed by atoms with Gasteiger partial charge in [0.15, 0.2) is 0 Å². The van der Waals surface area contributed by atoms with E-state index < -0.39 is 12.0 Å². The molecular weight excluding hydrogens is 250 g/mol. The van der Waals surface area contributed by atoms with Crippen LogP contribution < -0.4 is 10.5 Å². The van der Waals surface area contributed by atoms with Gasteiger partial charge in [-0.25, -0.2) is 4.63 Å². The molecule has 1 aromatic heterocycles. The third kappa shape index (κ3) is 2.89. The Bertz CT molecular complexity index is 582. The molecule has 0 saturated carbocycles. The zero-order chi connectivity index (χ0) is 13.8. The fraction of sp³-hybridized carbons (Fsp3) is 0.250. The Morgan fingerprint density at radius 2 is 2.32 bits per heavy atom. The summed E-state index contributed by atoms with van der Waals surface area (Å²) in [6.07, 6.45) is -1.37. The van der Waals surface area contributed by atoms with Gasteiger partial charge in [0.1, 0.15) is 23.2 Å². The van der Waals surface area contributed by atoms with Gasteiger partial charge in [0, 0.05) is 12.0 Å². The maximum atomic E-state index is 10.8. The van der Waals surface area contributed by atoms with Crippen LogP contribution in [-0.4, -0.2) is 34.5 Å². The lowest BCUT2D eigenvalue weighted by Crippen LogP contribution is -2.30. The highest BCUT2D eigenvalue weighted by Gasteiger charge is 2.19. The second-order valence-electron chi connectivity index (χ2n) is 3.91. The SMILES string of the molecule is COc1cccc(-c2nonc2CC(O)C(N)=O)c1. The summed E-state index contributed by atoms with van der Waals surface area (Å²) < 4.78 is 9.76. The standard InChI is InChI=1S/C12H13N3O4/c1-18-8-4-2-3-7(5-8)11-9(14-19-15-11)6-10(16)12(13)17/h2-5,10,16H,6H2,1H3,(H2,13,17). The molecule has 0 aliphatic heterocycles. The largest absolute Gasteiger partial charge is 0.497 e. The van der Waals surface area contributed by atoms with E-state index in [2.05, 4.69) is 14.9 Å². The number of carbonyl (C=O) groups is 1. The van der Waals surface area contributed by atoms with Crippen LogP contribution in [0, 0.1) is 0 Å². The molecule has 0 bridgehead atoms. The second-order valence-corrected chi connectivity index (χ2v) is 3.91. The molecule has 19 heavy (non-hydrogen) atoms. The Balaban J connectivity index is 2.30. The molecule has 2 rings (SSSR count). The van der Waals surface area contributed by atoms with Gasteiger partial charge in [0.25, 0.3) is 0 Å². The van der Waals surface area contributed by atoms with E-state index in [9.17, 15) is 9.90 Å². The number of aliphatic hydroxyl groups is 1. The third-order valence-corrected chi connectivity index (χ3v) is 2.61.